The molecule has 0 bridgehead atoms. The van der Waals surface area contributed by atoms with Gasteiger partial charge in [-0.2, -0.15) is 13.2 Å². The Hall–Kier alpha value is -1.28. The number of nitrogens with one attached hydrogen (secondary N) is 3. The third kappa shape index (κ3) is 13.5. The minimum atomic E-state index is -4.38. The van der Waals surface area contributed by atoms with Gasteiger partial charge < -0.3 is 15.4 Å². The van der Waals surface area contributed by atoms with Crippen LogP contribution in [0.25, 0.3) is 0 Å². The molecule has 0 heterocycles. The Morgan fingerprint density at radius 1 is 1.14 bits per heavy atom. The fraction of sp³-hybridized carbons (Fsp3) is 0.588. The first-order valence-corrected chi connectivity index (χ1v) is 10.5. The van der Waals surface area contributed by atoms with E-state index in [1.165, 1.54) is 12.1 Å². The molecular formula is C17H28F3IN4O3S. The smallest absolute Gasteiger partial charge is 0.422 e. The molecule has 0 fully saturated rings. The molecule has 1 aromatic rings. The molecule has 12 heteroatoms. The second-order valence-corrected chi connectivity index (χ2v) is 8.60. The monoisotopic (exact) mass is 552 g/mol. The van der Waals surface area contributed by atoms with Gasteiger partial charge in [0.15, 0.2) is 12.6 Å². The predicted molar refractivity (Wildman–Crippen MR) is 118 cm³/mol. The van der Waals surface area contributed by atoms with Crippen LogP contribution < -0.4 is 20.1 Å². The molecule has 29 heavy (non-hydrogen) atoms. The second-order valence-electron chi connectivity index (χ2n) is 6.85. The highest BCUT2D eigenvalue weighted by Crippen LogP contribution is 2.19. The summed E-state index contributed by atoms with van der Waals surface area (Å²) in [5.41, 5.74) is 0.0615. The quantitative estimate of drug-likeness (QED) is 0.249. The Labute approximate surface area is 187 Å². The molecule has 3 N–H and O–H groups in total. The summed E-state index contributed by atoms with van der Waals surface area (Å²) in [5, 5.41) is 6.11. The first-order valence-electron chi connectivity index (χ1n) is 8.59. The number of nitrogens with zero attached hydrogens (tertiary/aromatic N) is 1. The van der Waals surface area contributed by atoms with Gasteiger partial charge in [-0.15, -0.1) is 24.0 Å². The third-order valence-electron chi connectivity index (χ3n) is 3.25. The van der Waals surface area contributed by atoms with Crippen LogP contribution in [0.5, 0.6) is 5.75 Å². The zero-order valence-electron chi connectivity index (χ0n) is 16.8. The molecule has 0 unspecified atom stereocenters. The van der Waals surface area contributed by atoms with Gasteiger partial charge in [-0.3, -0.25) is 0 Å². The molecule has 0 amide bonds. The van der Waals surface area contributed by atoms with Crippen LogP contribution >= 0.6 is 24.0 Å². The molecular weight excluding hydrogens is 524 g/mol. The lowest BCUT2D eigenvalue weighted by molar-refractivity contribution is -0.153. The summed E-state index contributed by atoms with van der Waals surface area (Å²) in [7, 11) is -3.35. The van der Waals surface area contributed by atoms with Crippen molar-refractivity contribution in [1.82, 2.24) is 15.4 Å². The normalized spacial score (nSPS) is 12.9. The Morgan fingerprint density at radius 3 is 2.21 bits per heavy atom. The Morgan fingerprint density at radius 2 is 1.72 bits per heavy atom. The van der Waals surface area contributed by atoms with Crippen molar-refractivity contribution in [2.75, 3.05) is 26.0 Å². The molecule has 0 aliphatic heterocycles. The molecule has 0 saturated carbocycles. The van der Waals surface area contributed by atoms with Crippen molar-refractivity contribution in [1.29, 1.82) is 0 Å². The predicted octanol–water partition coefficient (Wildman–Crippen LogP) is 2.63. The lowest BCUT2D eigenvalue weighted by Crippen LogP contribution is -2.53. The van der Waals surface area contributed by atoms with Gasteiger partial charge in [0.25, 0.3) is 0 Å². The van der Waals surface area contributed by atoms with Crippen LogP contribution in [0, 0.1) is 0 Å². The highest BCUT2D eigenvalue weighted by atomic mass is 127. The van der Waals surface area contributed by atoms with Gasteiger partial charge in [0.1, 0.15) is 5.75 Å². The van der Waals surface area contributed by atoms with Crippen LogP contribution in [-0.4, -0.2) is 52.0 Å². The van der Waals surface area contributed by atoms with Gasteiger partial charge in [-0.25, -0.2) is 18.1 Å². The van der Waals surface area contributed by atoms with E-state index in [1.807, 2.05) is 6.92 Å². The Bertz CT molecular complexity index is 754. The number of hydrogen-bond acceptors (Lipinski definition) is 4. The number of rotatable bonds is 9. The number of guanidine groups is 1. The standard InChI is InChI=1S/C17H27F3N4O3S.HI/c1-5-21-15(23-11-16(2,3)24-28(4,25)26)22-10-13-6-8-14(9-7-13)27-12-17(18,19)20;/h6-9,24H,5,10-12H2,1-4H3,(H2,21,22,23);1H. The third-order valence-corrected chi connectivity index (χ3v) is 4.17. The van der Waals surface area contributed by atoms with E-state index >= 15 is 0 Å². The molecule has 0 aliphatic rings. The second kappa shape index (κ2) is 11.8. The topological polar surface area (TPSA) is 91.8 Å². The van der Waals surface area contributed by atoms with Gasteiger partial charge >= 0.3 is 6.18 Å². The number of halogens is 4. The zero-order chi connectivity index (χ0) is 21.4. The highest BCUT2D eigenvalue weighted by molar-refractivity contribution is 14.0. The van der Waals surface area contributed by atoms with Gasteiger partial charge in [0, 0.05) is 18.6 Å². The summed E-state index contributed by atoms with van der Waals surface area (Å²) in [5.74, 6) is 0.618. The fourth-order valence-corrected chi connectivity index (χ4v) is 3.29. The molecule has 0 spiro atoms. The average molecular weight is 552 g/mol. The van der Waals surface area contributed by atoms with Crippen molar-refractivity contribution >= 4 is 40.0 Å². The summed E-state index contributed by atoms with van der Waals surface area (Å²) in [6.07, 6.45) is -3.29. The molecule has 7 nitrogen and oxygen atoms in total. The van der Waals surface area contributed by atoms with Gasteiger partial charge in [-0.05, 0) is 38.5 Å². The van der Waals surface area contributed by atoms with Crippen molar-refractivity contribution in [3.63, 3.8) is 0 Å². The van der Waals surface area contributed by atoms with Crippen molar-refractivity contribution in [3.8, 4) is 5.75 Å². The summed E-state index contributed by atoms with van der Waals surface area (Å²) in [4.78, 5) is 4.39. The maximum atomic E-state index is 12.2. The van der Waals surface area contributed by atoms with E-state index in [4.69, 9.17) is 0 Å². The molecule has 0 aliphatic carbocycles. The van der Waals surface area contributed by atoms with E-state index in [0.29, 0.717) is 19.0 Å². The molecule has 168 valence electrons. The van der Waals surface area contributed by atoms with Crippen LogP contribution in [0.4, 0.5) is 13.2 Å². The van der Waals surface area contributed by atoms with Crippen molar-refractivity contribution < 1.29 is 26.3 Å². The van der Waals surface area contributed by atoms with E-state index in [9.17, 15) is 21.6 Å². The maximum Gasteiger partial charge on any atom is 0.422 e. The number of sulfonamides is 1. The summed E-state index contributed by atoms with van der Waals surface area (Å²) >= 11 is 0. The average Bonchev–Trinajstić information content (AvgIpc) is 2.53. The minimum absolute atomic E-state index is 0. The van der Waals surface area contributed by atoms with E-state index in [2.05, 4.69) is 25.1 Å². The molecule has 1 rings (SSSR count). The van der Waals surface area contributed by atoms with E-state index in [-0.39, 0.29) is 36.3 Å². The number of alkyl halides is 3. The van der Waals surface area contributed by atoms with Crippen molar-refractivity contribution in [2.24, 2.45) is 4.99 Å². The fourth-order valence-electron chi connectivity index (χ4n) is 2.21. The van der Waals surface area contributed by atoms with Gasteiger partial charge in [0.05, 0.1) is 12.8 Å². The lowest BCUT2D eigenvalue weighted by atomic mass is 10.1. The molecule has 0 atom stereocenters. The van der Waals surface area contributed by atoms with E-state index < -0.39 is 28.3 Å². The van der Waals surface area contributed by atoms with Crippen LogP contribution in [0.1, 0.15) is 26.3 Å². The first-order chi connectivity index (χ1) is 12.8. The van der Waals surface area contributed by atoms with Crippen molar-refractivity contribution in [2.45, 2.75) is 39.0 Å². The van der Waals surface area contributed by atoms with Crippen LogP contribution in [0.2, 0.25) is 0 Å². The zero-order valence-corrected chi connectivity index (χ0v) is 19.9. The molecule has 1 aromatic carbocycles. The largest absolute Gasteiger partial charge is 0.484 e. The summed E-state index contributed by atoms with van der Waals surface area (Å²) in [6.45, 7) is 5.23. The van der Waals surface area contributed by atoms with Gasteiger partial charge in [0.2, 0.25) is 10.0 Å². The highest BCUT2D eigenvalue weighted by Gasteiger charge is 2.28. The Kier molecular flexibility index (Phi) is 11.3. The Balaban J connectivity index is 0.00000784. The number of aliphatic imine (C=N–C) groups is 1. The summed E-state index contributed by atoms with van der Waals surface area (Å²) in [6, 6.07) is 6.17. The first kappa shape index (κ1) is 27.7. The van der Waals surface area contributed by atoms with Crippen molar-refractivity contribution in [3.05, 3.63) is 29.8 Å². The van der Waals surface area contributed by atoms with E-state index in [1.54, 1.807) is 26.0 Å². The SMILES string of the molecule is CCNC(=NCc1ccc(OCC(F)(F)F)cc1)NCC(C)(C)NS(C)(=O)=O.I. The number of hydrogen-bond donors (Lipinski definition) is 3. The van der Waals surface area contributed by atoms with Crippen LogP contribution in [-0.2, 0) is 16.6 Å². The maximum absolute atomic E-state index is 12.2. The van der Waals surface area contributed by atoms with Crippen LogP contribution in [0.3, 0.4) is 0 Å². The lowest BCUT2D eigenvalue weighted by Gasteiger charge is -2.26. The molecule has 0 saturated heterocycles. The van der Waals surface area contributed by atoms with Crippen LogP contribution in [0.15, 0.2) is 29.3 Å². The van der Waals surface area contributed by atoms with E-state index in [0.717, 1.165) is 11.8 Å². The van der Waals surface area contributed by atoms with Gasteiger partial charge in [-0.1, -0.05) is 12.1 Å². The minimum Gasteiger partial charge on any atom is -0.484 e. The number of benzene rings is 1. The number of ether oxygens (including phenoxy) is 1. The summed E-state index contributed by atoms with van der Waals surface area (Å²) < 4.78 is 66.5. The molecule has 0 aromatic heterocycles. The molecule has 0 radical (unpaired) electrons.